The van der Waals surface area contributed by atoms with E-state index >= 15 is 0 Å². The van der Waals surface area contributed by atoms with Crippen LogP contribution in [-0.4, -0.2) is 33.9 Å². The number of alkyl carbamates (subject to hydrolysis) is 1. The molecule has 0 saturated carbocycles. The summed E-state index contributed by atoms with van der Waals surface area (Å²) in [7, 11) is 0. The molecule has 3 N–H and O–H groups in total. The minimum atomic E-state index is -1.14. The number of aliphatic hydroxyl groups excluding tert-OH is 2. The summed E-state index contributed by atoms with van der Waals surface area (Å²) in [4.78, 5) is 15.4. The van der Waals surface area contributed by atoms with Crippen LogP contribution in [0.2, 0.25) is 0 Å². The minimum absolute atomic E-state index is 0.117. The second-order valence-electron chi connectivity index (χ2n) is 4.33. The van der Waals surface area contributed by atoms with Crippen LogP contribution >= 0.6 is 11.3 Å². The summed E-state index contributed by atoms with van der Waals surface area (Å²) in [6.07, 6.45) is -1.37. The molecular formula is C14H16N2O4S. The van der Waals surface area contributed by atoms with E-state index in [9.17, 15) is 15.0 Å². The second kappa shape index (κ2) is 7.72. The van der Waals surface area contributed by atoms with Crippen molar-refractivity contribution in [2.75, 3.05) is 6.54 Å². The molecule has 1 heterocycles. The van der Waals surface area contributed by atoms with Gasteiger partial charge in [-0.25, -0.2) is 9.78 Å². The van der Waals surface area contributed by atoms with Crippen LogP contribution in [0.3, 0.4) is 0 Å². The van der Waals surface area contributed by atoms with Crippen LogP contribution in [0.15, 0.2) is 41.9 Å². The molecule has 0 saturated heterocycles. The molecule has 0 radical (unpaired) electrons. The first-order valence-corrected chi connectivity index (χ1v) is 7.25. The highest BCUT2D eigenvalue weighted by Crippen LogP contribution is 2.18. The van der Waals surface area contributed by atoms with Crippen LogP contribution in [0.5, 0.6) is 0 Å². The van der Waals surface area contributed by atoms with E-state index < -0.39 is 18.3 Å². The SMILES string of the molecule is O=C(NCC(O)C(O)c1nccs1)OCc1ccccc1. The predicted molar refractivity (Wildman–Crippen MR) is 77.7 cm³/mol. The Balaban J connectivity index is 1.71. The van der Waals surface area contributed by atoms with Gasteiger partial charge in [-0.1, -0.05) is 30.3 Å². The summed E-state index contributed by atoms with van der Waals surface area (Å²) in [6.45, 7) is 0.0339. The van der Waals surface area contributed by atoms with Crippen molar-refractivity contribution in [3.63, 3.8) is 0 Å². The largest absolute Gasteiger partial charge is 0.445 e. The van der Waals surface area contributed by atoms with E-state index in [-0.39, 0.29) is 13.2 Å². The first-order chi connectivity index (χ1) is 10.2. The van der Waals surface area contributed by atoms with E-state index in [0.29, 0.717) is 5.01 Å². The number of benzene rings is 1. The fourth-order valence-electron chi connectivity index (χ4n) is 1.62. The molecule has 0 aliphatic rings. The van der Waals surface area contributed by atoms with E-state index in [0.717, 1.165) is 5.56 Å². The number of nitrogens with one attached hydrogen (secondary N) is 1. The summed E-state index contributed by atoms with van der Waals surface area (Å²) in [5, 5.41) is 24.1. The van der Waals surface area contributed by atoms with Gasteiger partial charge in [-0.3, -0.25) is 0 Å². The molecule has 1 amide bonds. The van der Waals surface area contributed by atoms with Gasteiger partial charge in [-0.2, -0.15) is 0 Å². The van der Waals surface area contributed by atoms with Crippen molar-refractivity contribution in [1.29, 1.82) is 0 Å². The number of amides is 1. The summed E-state index contributed by atoms with van der Waals surface area (Å²) in [6, 6.07) is 9.26. The third-order valence-electron chi connectivity index (χ3n) is 2.74. The molecule has 21 heavy (non-hydrogen) atoms. The van der Waals surface area contributed by atoms with Gasteiger partial charge in [0.1, 0.15) is 23.8 Å². The molecule has 1 aromatic carbocycles. The van der Waals surface area contributed by atoms with Crippen molar-refractivity contribution < 1.29 is 19.7 Å². The average Bonchev–Trinajstić information content (AvgIpc) is 3.05. The number of thiazole rings is 1. The number of hydrogen-bond donors (Lipinski definition) is 3. The number of hydrogen-bond acceptors (Lipinski definition) is 6. The van der Waals surface area contributed by atoms with Crippen LogP contribution in [0.4, 0.5) is 4.79 Å². The molecule has 2 atom stereocenters. The highest BCUT2D eigenvalue weighted by molar-refractivity contribution is 7.09. The second-order valence-corrected chi connectivity index (χ2v) is 5.25. The van der Waals surface area contributed by atoms with Crippen molar-refractivity contribution in [3.8, 4) is 0 Å². The Kier molecular flexibility index (Phi) is 5.68. The summed E-state index contributed by atoms with van der Waals surface area (Å²) in [5.41, 5.74) is 0.871. The molecule has 0 spiro atoms. The fourth-order valence-corrected chi connectivity index (χ4v) is 2.30. The zero-order valence-corrected chi connectivity index (χ0v) is 12.0. The van der Waals surface area contributed by atoms with E-state index in [2.05, 4.69) is 10.3 Å². The van der Waals surface area contributed by atoms with E-state index in [1.165, 1.54) is 17.5 Å². The quantitative estimate of drug-likeness (QED) is 0.751. The van der Waals surface area contributed by atoms with Gasteiger partial charge in [0.25, 0.3) is 0 Å². The molecule has 0 fully saturated rings. The maximum atomic E-state index is 11.5. The standard InChI is InChI=1S/C14H16N2O4S/c17-11(12(18)13-15-6-7-21-13)8-16-14(19)20-9-10-4-2-1-3-5-10/h1-7,11-12,17-18H,8-9H2,(H,16,19). The Morgan fingerprint density at radius 1 is 1.33 bits per heavy atom. The summed E-state index contributed by atoms with van der Waals surface area (Å²) < 4.78 is 4.99. The fraction of sp³-hybridized carbons (Fsp3) is 0.286. The molecule has 0 bridgehead atoms. The Morgan fingerprint density at radius 2 is 2.10 bits per heavy atom. The predicted octanol–water partition coefficient (Wildman–Crippen LogP) is 1.46. The summed E-state index contributed by atoms with van der Waals surface area (Å²) >= 11 is 1.24. The van der Waals surface area contributed by atoms with E-state index in [1.807, 2.05) is 30.3 Å². The smallest absolute Gasteiger partial charge is 0.407 e. The Labute approximate surface area is 126 Å². The van der Waals surface area contributed by atoms with Gasteiger partial charge in [-0.05, 0) is 5.56 Å². The molecule has 7 heteroatoms. The molecule has 0 aliphatic carbocycles. The monoisotopic (exact) mass is 308 g/mol. The Hall–Kier alpha value is -1.96. The average molecular weight is 308 g/mol. The van der Waals surface area contributed by atoms with Gasteiger partial charge < -0.3 is 20.3 Å². The lowest BCUT2D eigenvalue weighted by molar-refractivity contribution is 0.0183. The van der Waals surface area contributed by atoms with Gasteiger partial charge in [0.15, 0.2) is 0 Å². The van der Waals surface area contributed by atoms with Gasteiger partial charge in [0.2, 0.25) is 0 Å². The zero-order chi connectivity index (χ0) is 15.1. The molecule has 6 nitrogen and oxygen atoms in total. The maximum absolute atomic E-state index is 11.5. The minimum Gasteiger partial charge on any atom is -0.445 e. The Morgan fingerprint density at radius 3 is 2.76 bits per heavy atom. The number of carbonyl (C=O) groups excluding carboxylic acids is 1. The maximum Gasteiger partial charge on any atom is 0.407 e. The van der Waals surface area contributed by atoms with Crippen LogP contribution in [0, 0.1) is 0 Å². The lowest BCUT2D eigenvalue weighted by Crippen LogP contribution is -2.35. The number of ether oxygens (including phenoxy) is 1. The zero-order valence-electron chi connectivity index (χ0n) is 11.2. The van der Waals surface area contributed by atoms with Crippen LogP contribution in [0.25, 0.3) is 0 Å². The van der Waals surface area contributed by atoms with E-state index in [4.69, 9.17) is 4.74 Å². The van der Waals surface area contributed by atoms with Crippen LogP contribution in [0.1, 0.15) is 16.7 Å². The number of rotatable bonds is 6. The first-order valence-electron chi connectivity index (χ1n) is 6.37. The van der Waals surface area contributed by atoms with Crippen molar-refractivity contribution in [2.45, 2.75) is 18.8 Å². The van der Waals surface area contributed by atoms with Crippen molar-refractivity contribution in [2.24, 2.45) is 0 Å². The van der Waals surface area contributed by atoms with E-state index in [1.54, 1.807) is 5.38 Å². The molecule has 1 aromatic heterocycles. The molecule has 2 rings (SSSR count). The van der Waals surface area contributed by atoms with Gasteiger partial charge in [-0.15, -0.1) is 11.3 Å². The molecule has 0 aliphatic heterocycles. The number of nitrogens with zero attached hydrogens (tertiary/aromatic N) is 1. The number of aromatic nitrogens is 1. The lowest BCUT2D eigenvalue weighted by atomic mass is 10.2. The van der Waals surface area contributed by atoms with Crippen molar-refractivity contribution in [1.82, 2.24) is 10.3 Å². The highest BCUT2D eigenvalue weighted by atomic mass is 32.1. The number of aliphatic hydroxyl groups is 2. The normalized spacial score (nSPS) is 13.4. The third kappa shape index (κ3) is 4.82. The van der Waals surface area contributed by atoms with Crippen molar-refractivity contribution in [3.05, 3.63) is 52.5 Å². The molecular weight excluding hydrogens is 292 g/mol. The molecule has 2 unspecified atom stereocenters. The molecule has 112 valence electrons. The van der Waals surface area contributed by atoms with Gasteiger partial charge in [0, 0.05) is 18.1 Å². The van der Waals surface area contributed by atoms with Crippen LogP contribution < -0.4 is 5.32 Å². The third-order valence-corrected chi connectivity index (χ3v) is 3.58. The van der Waals surface area contributed by atoms with Gasteiger partial charge >= 0.3 is 6.09 Å². The lowest BCUT2D eigenvalue weighted by Gasteiger charge is -2.16. The molecule has 2 aromatic rings. The number of carbonyl (C=O) groups is 1. The topological polar surface area (TPSA) is 91.7 Å². The van der Waals surface area contributed by atoms with Crippen molar-refractivity contribution >= 4 is 17.4 Å². The first kappa shape index (κ1) is 15.4. The highest BCUT2D eigenvalue weighted by Gasteiger charge is 2.21. The van der Waals surface area contributed by atoms with Gasteiger partial charge in [0.05, 0.1) is 0 Å². The Bertz CT molecular complexity index is 547. The summed E-state index contributed by atoms with van der Waals surface area (Å²) in [5.74, 6) is 0. The van der Waals surface area contributed by atoms with Crippen LogP contribution in [-0.2, 0) is 11.3 Å².